The number of furan rings is 1. The van der Waals surface area contributed by atoms with Gasteiger partial charge in [-0.3, -0.25) is 9.59 Å². The van der Waals surface area contributed by atoms with Crippen molar-refractivity contribution in [3.63, 3.8) is 0 Å². The molecule has 0 unspecified atom stereocenters. The Morgan fingerprint density at radius 3 is 2.58 bits per heavy atom. The topological polar surface area (TPSA) is 62.6 Å². The highest BCUT2D eigenvalue weighted by atomic mass is 16.3. The van der Waals surface area contributed by atoms with Gasteiger partial charge in [0, 0.05) is 49.2 Å². The fourth-order valence-electron chi connectivity index (χ4n) is 3.89. The SMILES string of the molecule is CC(=O)N1CCc2oc(-c3ccc(NC(=O)C4CCCC4)cc3)cc2C1. The second kappa shape index (κ2) is 6.98. The molecule has 1 N–H and O–H groups in total. The van der Waals surface area contributed by atoms with Crippen molar-refractivity contribution in [2.24, 2.45) is 5.92 Å². The molecule has 0 radical (unpaired) electrons. The number of benzene rings is 1. The van der Waals surface area contributed by atoms with Gasteiger partial charge in [0.05, 0.1) is 0 Å². The molecule has 0 bridgehead atoms. The van der Waals surface area contributed by atoms with E-state index in [1.807, 2.05) is 35.2 Å². The average Bonchev–Trinajstić information content (AvgIpc) is 3.31. The van der Waals surface area contributed by atoms with Crippen molar-refractivity contribution >= 4 is 17.5 Å². The lowest BCUT2D eigenvalue weighted by atomic mass is 10.1. The van der Waals surface area contributed by atoms with Crippen LogP contribution in [-0.2, 0) is 22.6 Å². The van der Waals surface area contributed by atoms with Crippen LogP contribution in [0.1, 0.15) is 43.9 Å². The fraction of sp³-hybridized carbons (Fsp3) is 0.429. The van der Waals surface area contributed by atoms with Gasteiger partial charge in [-0.15, -0.1) is 0 Å². The molecule has 1 fully saturated rings. The maximum atomic E-state index is 12.2. The van der Waals surface area contributed by atoms with Crippen LogP contribution >= 0.6 is 0 Å². The summed E-state index contributed by atoms with van der Waals surface area (Å²) in [6.07, 6.45) is 5.06. The third-order valence-electron chi connectivity index (χ3n) is 5.47. The lowest BCUT2D eigenvalue weighted by molar-refractivity contribution is -0.129. The van der Waals surface area contributed by atoms with E-state index in [2.05, 4.69) is 5.32 Å². The molecular weight excluding hydrogens is 328 g/mol. The van der Waals surface area contributed by atoms with Gasteiger partial charge in [-0.1, -0.05) is 12.8 Å². The van der Waals surface area contributed by atoms with Crippen LogP contribution in [0.2, 0.25) is 0 Å². The molecule has 136 valence electrons. The molecule has 26 heavy (non-hydrogen) atoms. The van der Waals surface area contributed by atoms with Crippen molar-refractivity contribution in [3.05, 3.63) is 41.7 Å². The third-order valence-corrected chi connectivity index (χ3v) is 5.47. The quantitative estimate of drug-likeness (QED) is 0.909. The molecule has 4 rings (SSSR count). The summed E-state index contributed by atoms with van der Waals surface area (Å²) >= 11 is 0. The van der Waals surface area contributed by atoms with Crippen molar-refractivity contribution < 1.29 is 14.0 Å². The predicted molar refractivity (Wildman–Crippen MR) is 99.5 cm³/mol. The minimum Gasteiger partial charge on any atom is -0.461 e. The summed E-state index contributed by atoms with van der Waals surface area (Å²) in [6.45, 7) is 2.93. The van der Waals surface area contributed by atoms with Gasteiger partial charge >= 0.3 is 0 Å². The predicted octanol–water partition coefficient (Wildman–Crippen LogP) is 3.98. The smallest absolute Gasteiger partial charge is 0.227 e. The second-order valence-corrected chi connectivity index (χ2v) is 7.30. The number of fused-ring (bicyclic) bond motifs is 1. The lowest BCUT2D eigenvalue weighted by Crippen LogP contribution is -2.33. The first-order chi connectivity index (χ1) is 12.6. The van der Waals surface area contributed by atoms with Crippen LogP contribution in [0, 0.1) is 5.92 Å². The van der Waals surface area contributed by atoms with Crippen LogP contribution in [0.4, 0.5) is 5.69 Å². The molecule has 0 saturated heterocycles. The van der Waals surface area contributed by atoms with E-state index < -0.39 is 0 Å². The summed E-state index contributed by atoms with van der Waals surface area (Å²) in [6, 6.07) is 9.81. The summed E-state index contributed by atoms with van der Waals surface area (Å²) in [5.74, 6) is 2.18. The van der Waals surface area contributed by atoms with E-state index in [0.717, 1.165) is 60.4 Å². The lowest BCUT2D eigenvalue weighted by Gasteiger charge is -2.24. The number of carbonyl (C=O) groups is 2. The van der Waals surface area contributed by atoms with E-state index in [9.17, 15) is 9.59 Å². The number of carbonyl (C=O) groups excluding carboxylic acids is 2. The van der Waals surface area contributed by atoms with Crippen LogP contribution in [0.3, 0.4) is 0 Å². The Bertz CT molecular complexity index is 816. The number of hydrogen-bond acceptors (Lipinski definition) is 3. The van der Waals surface area contributed by atoms with E-state index in [-0.39, 0.29) is 17.7 Å². The first-order valence-corrected chi connectivity index (χ1v) is 9.38. The summed E-state index contributed by atoms with van der Waals surface area (Å²) in [4.78, 5) is 25.6. The molecule has 2 amide bonds. The Hall–Kier alpha value is -2.56. The third kappa shape index (κ3) is 3.39. The van der Waals surface area contributed by atoms with Gasteiger partial charge < -0.3 is 14.6 Å². The molecule has 2 heterocycles. The molecule has 2 aromatic rings. The van der Waals surface area contributed by atoms with E-state index in [4.69, 9.17) is 4.42 Å². The van der Waals surface area contributed by atoms with Crippen LogP contribution in [-0.4, -0.2) is 23.3 Å². The highest BCUT2D eigenvalue weighted by Crippen LogP contribution is 2.31. The van der Waals surface area contributed by atoms with E-state index in [1.165, 1.54) is 0 Å². The zero-order valence-corrected chi connectivity index (χ0v) is 15.1. The Kier molecular flexibility index (Phi) is 4.53. The zero-order chi connectivity index (χ0) is 18.1. The number of amides is 2. The van der Waals surface area contributed by atoms with Crippen LogP contribution < -0.4 is 5.32 Å². The van der Waals surface area contributed by atoms with Crippen LogP contribution in [0.15, 0.2) is 34.7 Å². The molecule has 5 nitrogen and oxygen atoms in total. The van der Waals surface area contributed by atoms with Crippen molar-refractivity contribution in [3.8, 4) is 11.3 Å². The van der Waals surface area contributed by atoms with Crippen molar-refractivity contribution in [1.82, 2.24) is 4.90 Å². The Balaban J connectivity index is 1.46. The van der Waals surface area contributed by atoms with Crippen LogP contribution in [0.25, 0.3) is 11.3 Å². The van der Waals surface area contributed by atoms with E-state index in [0.29, 0.717) is 13.1 Å². The number of nitrogens with zero attached hydrogens (tertiary/aromatic N) is 1. The summed E-state index contributed by atoms with van der Waals surface area (Å²) in [5, 5.41) is 3.02. The molecule has 1 aliphatic heterocycles. The summed E-state index contributed by atoms with van der Waals surface area (Å²) in [7, 11) is 0. The molecule has 0 spiro atoms. The molecule has 1 aromatic carbocycles. The minimum atomic E-state index is 0.0979. The van der Waals surface area contributed by atoms with Gasteiger partial charge in [-0.2, -0.15) is 0 Å². The largest absolute Gasteiger partial charge is 0.461 e. The highest BCUT2D eigenvalue weighted by molar-refractivity contribution is 5.92. The van der Waals surface area contributed by atoms with E-state index >= 15 is 0 Å². The fourth-order valence-corrected chi connectivity index (χ4v) is 3.89. The van der Waals surface area contributed by atoms with E-state index in [1.54, 1.807) is 6.92 Å². The first-order valence-electron chi connectivity index (χ1n) is 9.38. The summed E-state index contributed by atoms with van der Waals surface area (Å²) in [5.41, 5.74) is 2.89. The number of anilines is 1. The molecule has 1 aromatic heterocycles. The number of rotatable bonds is 3. The number of nitrogens with one attached hydrogen (secondary N) is 1. The summed E-state index contributed by atoms with van der Waals surface area (Å²) < 4.78 is 6.00. The standard InChI is InChI=1S/C21H24N2O3/c1-14(24)23-11-10-19-17(13-23)12-20(26-19)15-6-8-18(9-7-15)22-21(25)16-4-2-3-5-16/h6-9,12,16H,2-5,10-11,13H2,1H3,(H,22,25). The Labute approximate surface area is 153 Å². The second-order valence-electron chi connectivity index (χ2n) is 7.30. The average molecular weight is 352 g/mol. The Morgan fingerprint density at radius 1 is 1.15 bits per heavy atom. The molecule has 1 aliphatic carbocycles. The minimum absolute atomic E-state index is 0.0979. The highest BCUT2D eigenvalue weighted by Gasteiger charge is 2.24. The molecule has 2 aliphatic rings. The number of hydrogen-bond donors (Lipinski definition) is 1. The Morgan fingerprint density at radius 2 is 1.88 bits per heavy atom. The normalized spacial score (nSPS) is 17.2. The first kappa shape index (κ1) is 16.9. The van der Waals surface area contributed by atoms with Gasteiger partial charge in [-0.25, -0.2) is 0 Å². The van der Waals surface area contributed by atoms with Gasteiger partial charge in [0.25, 0.3) is 0 Å². The van der Waals surface area contributed by atoms with Crippen molar-refractivity contribution in [2.75, 3.05) is 11.9 Å². The monoisotopic (exact) mass is 352 g/mol. The van der Waals surface area contributed by atoms with Gasteiger partial charge in [-0.05, 0) is 43.2 Å². The molecule has 5 heteroatoms. The molecule has 1 saturated carbocycles. The van der Waals surface area contributed by atoms with Crippen LogP contribution in [0.5, 0.6) is 0 Å². The maximum Gasteiger partial charge on any atom is 0.227 e. The van der Waals surface area contributed by atoms with Crippen molar-refractivity contribution in [2.45, 2.75) is 45.6 Å². The maximum absolute atomic E-state index is 12.2. The molecular formula is C21H24N2O3. The van der Waals surface area contributed by atoms with Gasteiger partial charge in [0.15, 0.2) is 0 Å². The van der Waals surface area contributed by atoms with Gasteiger partial charge in [0.1, 0.15) is 11.5 Å². The zero-order valence-electron chi connectivity index (χ0n) is 15.1. The molecule has 0 atom stereocenters. The van der Waals surface area contributed by atoms with Gasteiger partial charge in [0.2, 0.25) is 11.8 Å². The van der Waals surface area contributed by atoms with Crippen molar-refractivity contribution in [1.29, 1.82) is 0 Å².